The Morgan fingerprint density at radius 3 is 2.95 bits per heavy atom. The first-order valence-electron chi connectivity index (χ1n) is 5.73. The van der Waals surface area contributed by atoms with Gasteiger partial charge in [-0.1, -0.05) is 6.07 Å². The van der Waals surface area contributed by atoms with Crippen LogP contribution in [0.15, 0.2) is 29.4 Å². The number of hydrogen-bond donors (Lipinski definition) is 2. The molecule has 2 aromatic rings. The third kappa shape index (κ3) is 3.08. The van der Waals surface area contributed by atoms with Crippen LogP contribution in [0.25, 0.3) is 0 Å². The fraction of sp³-hybridized carbons (Fsp3) is 0.231. The largest absolute Gasteiger partial charge is 0.396 e. The number of carbonyl (C=O) groups is 1. The number of nitrogens with one attached hydrogen (secondary N) is 1. The van der Waals surface area contributed by atoms with Gasteiger partial charge in [0.1, 0.15) is 5.00 Å². The van der Waals surface area contributed by atoms with Gasteiger partial charge in [-0.3, -0.25) is 9.78 Å². The van der Waals surface area contributed by atoms with Gasteiger partial charge < -0.3 is 11.1 Å². The quantitative estimate of drug-likeness (QED) is 0.654. The molecule has 0 atom stereocenters. The zero-order valence-electron chi connectivity index (χ0n) is 10.8. The van der Waals surface area contributed by atoms with Crippen molar-refractivity contribution >= 4 is 39.6 Å². The second kappa shape index (κ2) is 6.08. The molecule has 100 valence electrons. The minimum atomic E-state index is 0.00669. The first-order chi connectivity index (χ1) is 9.13. The van der Waals surface area contributed by atoms with E-state index in [1.807, 2.05) is 24.6 Å². The van der Waals surface area contributed by atoms with Crippen molar-refractivity contribution in [3.05, 3.63) is 35.0 Å². The highest BCUT2D eigenvalue weighted by Crippen LogP contribution is 2.41. The molecule has 2 aromatic heterocycles. The molecule has 0 saturated carbocycles. The van der Waals surface area contributed by atoms with Crippen molar-refractivity contribution in [2.24, 2.45) is 0 Å². The first kappa shape index (κ1) is 13.9. The van der Waals surface area contributed by atoms with Crippen LogP contribution < -0.4 is 11.1 Å². The number of carbonyl (C=O) groups excluding carboxylic acids is 1. The average molecular weight is 293 g/mol. The molecule has 4 nitrogen and oxygen atoms in total. The Hall–Kier alpha value is -1.53. The summed E-state index contributed by atoms with van der Waals surface area (Å²) in [6.45, 7) is 2.20. The Balaban J connectivity index is 2.20. The summed E-state index contributed by atoms with van der Waals surface area (Å²) in [5, 5.41) is 4.27. The maximum Gasteiger partial charge on any atom is 0.171 e. The number of hydrogen-bond acceptors (Lipinski definition) is 6. The molecule has 3 N–H and O–H groups in total. The monoisotopic (exact) mass is 293 g/mol. The highest BCUT2D eigenvalue weighted by Gasteiger charge is 2.17. The van der Waals surface area contributed by atoms with E-state index in [2.05, 4.69) is 10.3 Å². The lowest BCUT2D eigenvalue weighted by molar-refractivity contribution is 0.102. The van der Waals surface area contributed by atoms with E-state index in [4.69, 9.17) is 5.73 Å². The summed E-state index contributed by atoms with van der Waals surface area (Å²) in [7, 11) is 0. The predicted molar refractivity (Wildman–Crippen MR) is 82.1 cm³/mol. The molecule has 2 rings (SSSR count). The summed E-state index contributed by atoms with van der Waals surface area (Å²) in [4.78, 5) is 17.1. The lowest BCUT2D eigenvalue weighted by Crippen LogP contribution is -1.99. The number of nitrogens with zero attached hydrogens (tertiary/aromatic N) is 1. The van der Waals surface area contributed by atoms with E-state index in [0.29, 0.717) is 17.1 Å². The number of aromatic nitrogens is 1. The van der Waals surface area contributed by atoms with E-state index >= 15 is 0 Å². The van der Waals surface area contributed by atoms with Crippen LogP contribution in [-0.2, 0) is 6.54 Å². The molecular formula is C13H15N3OS2. The number of rotatable bonds is 5. The molecule has 0 spiro atoms. The fourth-order valence-electron chi connectivity index (χ4n) is 1.69. The summed E-state index contributed by atoms with van der Waals surface area (Å²) >= 11 is 2.96. The van der Waals surface area contributed by atoms with Crippen LogP contribution in [0.4, 0.5) is 10.7 Å². The number of Topliss-reactive ketones (excluding diaryl/α,β-unsaturated/α-hetero) is 1. The van der Waals surface area contributed by atoms with Crippen LogP contribution in [0.2, 0.25) is 0 Å². The zero-order chi connectivity index (χ0) is 13.8. The molecule has 0 bridgehead atoms. The number of ketones is 1. The van der Waals surface area contributed by atoms with Crippen molar-refractivity contribution in [3.8, 4) is 0 Å². The second-order valence-electron chi connectivity index (χ2n) is 3.98. The molecule has 0 aliphatic rings. The normalized spacial score (nSPS) is 10.4. The summed E-state index contributed by atoms with van der Waals surface area (Å²) < 4.78 is 0. The van der Waals surface area contributed by atoms with Gasteiger partial charge in [0.25, 0.3) is 0 Å². The number of thioether (sulfide) groups is 1. The van der Waals surface area contributed by atoms with E-state index in [9.17, 15) is 4.79 Å². The molecule has 0 unspecified atom stereocenters. The Labute approximate surface area is 120 Å². The van der Waals surface area contributed by atoms with Gasteiger partial charge in [-0.05, 0) is 17.9 Å². The number of anilines is 2. The van der Waals surface area contributed by atoms with Gasteiger partial charge in [-0.2, -0.15) is 0 Å². The van der Waals surface area contributed by atoms with Crippen molar-refractivity contribution in [2.75, 3.05) is 17.3 Å². The lowest BCUT2D eigenvalue weighted by atomic mass is 10.3. The maximum atomic E-state index is 11.5. The Morgan fingerprint density at radius 2 is 2.37 bits per heavy atom. The Kier molecular flexibility index (Phi) is 4.44. The summed E-state index contributed by atoms with van der Waals surface area (Å²) in [5.74, 6) is 0.00669. The molecule has 6 heteroatoms. The van der Waals surface area contributed by atoms with Gasteiger partial charge in [0, 0.05) is 25.9 Å². The van der Waals surface area contributed by atoms with Crippen molar-refractivity contribution in [2.45, 2.75) is 18.4 Å². The van der Waals surface area contributed by atoms with E-state index in [1.54, 1.807) is 18.0 Å². The number of nitrogens with two attached hydrogens (primary N) is 1. The predicted octanol–water partition coefficient (Wildman–Crippen LogP) is 3.26. The van der Waals surface area contributed by atoms with Crippen LogP contribution in [0, 0.1) is 0 Å². The van der Waals surface area contributed by atoms with Crippen molar-refractivity contribution in [1.82, 2.24) is 4.98 Å². The highest BCUT2D eigenvalue weighted by atomic mass is 32.2. The second-order valence-corrected chi connectivity index (χ2v) is 5.82. The minimum absolute atomic E-state index is 0.00669. The molecule has 0 aliphatic heterocycles. The first-order valence-corrected chi connectivity index (χ1v) is 7.77. The number of thiophene rings is 1. The molecule has 0 saturated heterocycles. The van der Waals surface area contributed by atoms with E-state index < -0.39 is 0 Å². The van der Waals surface area contributed by atoms with Crippen molar-refractivity contribution in [1.29, 1.82) is 0 Å². The van der Waals surface area contributed by atoms with Gasteiger partial charge in [0.05, 0.1) is 15.5 Å². The zero-order valence-corrected chi connectivity index (χ0v) is 12.4. The number of nitrogen functional groups attached to an aromatic ring is 1. The SMILES string of the molecule is CSc1c(NCc2cccnc2)sc(C(C)=O)c1N. The molecule has 0 amide bonds. The van der Waals surface area contributed by atoms with Gasteiger partial charge in [-0.15, -0.1) is 23.1 Å². The highest BCUT2D eigenvalue weighted by molar-refractivity contribution is 7.99. The molecule has 0 radical (unpaired) electrons. The topological polar surface area (TPSA) is 68.0 Å². The summed E-state index contributed by atoms with van der Waals surface area (Å²) in [6, 6.07) is 3.90. The van der Waals surface area contributed by atoms with E-state index in [1.165, 1.54) is 18.3 Å². The van der Waals surface area contributed by atoms with Gasteiger partial charge in [0.15, 0.2) is 5.78 Å². The van der Waals surface area contributed by atoms with Gasteiger partial charge in [0.2, 0.25) is 0 Å². The van der Waals surface area contributed by atoms with Crippen LogP contribution in [0.5, 0.6) is 0 Å². The molecule has 19 heavy (non-hydrogen) atoms. The molecule has 2 heterocycles. The minimum Gasteiger partial charge on any atom is -0.396 e. The molecule has 0 aliphatic carbocycles. The van der Waals surface area contributed by atoms with Gasteiger partial charge >= 0.3 is 0 Å². The van der Waals surface area contributed by atoms with Crippen LogP contribution >= 0.6 is 23.1 Å². The maximum absolute atomic E-state index is 11.5. The molecular weight excluding hydrogens is 278 g/mol. The van der Waals surface area contributed by atoms with Crippen LogP contribution in [-0.4, -0.2) is 17.0 Å². The smallest absolute Gasteiger partial charge is 0.171 e. The standard InChI is InChI=1S/C13H15N3OS2/c1-8(17)11-10(14)12(18-2)13(19-11)16-7-9-4-3-5-15-6-9/h3-6,16H,7,14H2,1-2H3. The number of pyridine rings is 1. The third-order valence-corrected chi connectivity index (χ3v) is 4.82. The van der Waals surface area contributed by atoms with E-state index in [-0.39, 0.29) is 5.78 Å². The fourth-order valence-corrected chi connectivity index (χ4v) is 3.62. The van der Waals surface area contributed by atoms with Crippen LogP contribution in [0.3, 0.4) is 0 Å². The third-order valence-electron chi connectivity index (χ3n) is 2.60. The van der Waals surface area contributed by atoms with E-state index in [0.717, 1.165) is 15.5 Å². The van der Waals surface area contributed by atoms with Crippen molar-refractivity contribution in [3.63, 3.8) is 0 Å². The summed E-state index contributed by atoms with van der Waals surface area (Å²) in [5.41, 5.74) is 7.67. The molecule has 0 fully saturated rings. The Bertz CT molecular complexity index is 581. The van der Waals surface area contributed by atoms with Crippen LogP contribution in [0.1, 0.15) is 22.2 Å². The summed E-state index contributed by atoms with van der Waals surface area (Å²) in [6.07, 6.45) is 5.51. The lowest BCUT2D eigenvalue weighted by Gasteiger charge is -2.05. The average Bonchev–Trinajstić information content (AvgIpc) is 2.74. The van der Waals surface area contributed by atoms with Crippen molar-refractivity contribution < 1.29 is 4.79 Å². The Morgan fingerprint density at radius 1 is 1.58 bits per heavy atom. The van der Waals surface area contributed by atoms with Gasteiger partial charge in [-0.25, -0.2) is 0 Å². The molecule has 0 aromatic carbocycles.